The fourth-order valence-corrected chi connectivity index (χ4v) is 1.67. The highest BCUT2D eigenvalue weighted by Crippen LogP contribution is 2.24. The third-order valence-electron chi connectivity index (χ3n) is 2.66. The maximum Gasteiger partial charge on any atom is 0.158 e. The molecule has 4 nitrogen and oxygen atoms in total. The van der Waals surface area contributed by atoms with E-state index in [9.17, 15) is 10.2 Å². The molecule has 0 heterocycles. The van der Waals surface area contributed by atoms with Gasteiger partial charge in [0.15, 0.2) is 11.5 Å². The lowest BCUT2D eigenvalue weighted by molar-refractivity contribution is 0.349. The Balaban J connectivity index is 2.00. The zero-order chi connectivity index (χ0) is 13.7. The second-order valence-electron chi connectivity index (χ2n) is 4.29. The van der Waals surface area contributed by atoms with E-state index >= 15 is 0 Å². The Labute approximate surface area is 112 Å². The van der Waals surface area contributed by atoms with Crippen LogP contribution in [0, 0.1) is 0 Å². The largest absolute Gasteiger partial charge is 0.504 e. The van der Waals surface area contributed by atoms with Gasteiger partial charge in [0, 0.05) is 7.05 Å². The number of aromatic hydroxyl groups is 2. The summed E-state index contributed by atoms with van der Waals surface area (Å²) in [6, 6.07) is 14.6. The third kappa shape index (κ3) is 3.74. The van der Waals surface area contributed by atoms with Gasteiger partial charge in [-0.05, 0) is 29.3 Å². The molecular weight excluding hydrogens is 240 g/mol. The molecule has 19 heavy (non-hydrogen) atoms. The Bertz CT molecular complexity index is 568. The number of hydrazone groups is 1. The van der Waals surface area contributed by atoms with Gasteiger partial charge >= 0.3 is 0 Å². The van der Waals surface area contributed by atoms with Crippen molar-refractivity contribution in [2.75, 3.05) is 7.05 Å². The van der Waals surface area contributed by atoms with Gasteiger partial charge in [-0.25, -0.2) is 0 Å². The minimum Gasteiger partial charge on any atom is -0.504 e. The van der Waals surface area contributed by atoms with Gasteiger partial charge in [0.25, 0.3) is 0 Å². The van der Waals surface area contributed by atoms with Crippen LogP contribution in [0.3, 0.4) is 0 Å². The molecule has 4 heteroatoms. The van der Waals surface area contributed by atoms with Crippen molar-refractivity contribution in [2.24, 2.45) is 5.10 Å². The van der Waals surface area contributed by atoms with Crippen molar-refractivity contribution in [1.29, 1.82) is 0 Å². The fourth-order valence-electron chi connectivity index (χ4n) is 1.67. The van der Waals surface area contributed by atoms with E-state index in [0.29, 0.717) is 6.54 Å². The van der Waals surface area contributed by atoms with Crippen LogP contribution in [0.5, 0.6) is 11.5 Å². The molecule has 0 fully saturated rings. The van der Waals surface area contributed by atoms with Crippen molar-refractivity contribution >= 4 is 6.21 Å². The van der Waals surface area contributed by atoms with Crippen LogP contribution in [0.25, 0.3) is 0 Å². The fraction of sp³-hybridized carbons (Fsp3) is 0.133. The first-order valence-corrected chi connectivity index (χ1v) is 5.96. The quantitative estimate of drug-likeness (QED) is 0.502. The second-order valence-corrected chi connectivity index (χ2v) is 4.29. The number of phenols is 2. The number of nitrogens with zero attached hydrogens (tertiary/aromatic N) is 2. The van der Waals surface area contributed by atoms with Gasteiger partial charge in [0.1, 0.15) is 0 Å². The van der Waals surface area contributed by atoms with Gasteiger partial charge in [-0.1, -0.05) is 30.3 Å². The Kier molecular flexibility index (Phi) is 4.03. The van der Waals surface area contributed by atoms with Gasteiger partial charge in [-0.2, -0.15) is 5.10 Å². The average Bonchev–Trinajstić information content (AvgIpc) is 2.41. The molecule has 0 aromatic heterocycles. The van der Waals surface area contributed by atoms with Crippen LogP contribution in [-0.2, 0) is 6.54 Å². The monoisotopic (exact) mass is 256 g/mol. The van der Waals surface area contributed by atoms with E-state index in [1.54, 1.807) is 17.3 Å². The van der Waals surface area contributed by atoms with E-state index in [-0.39, 0.29) is 11.5 Å². The van der Waals surface area contributed by atoms with Gasteiger partial charge in [-0.3, -0.25) is 5.01 Å². The molecule has 0 aliphatic heterocycles. The summed E-state index contributed by atoms with van der Waals surface area (Å²) >= 11 is 0. The number of hydrogen-bond acceptors (Lipinski definition) is 4. The molecular formula is C15H16N2O2. The van der Waals surface area contributed by atoms with Crippen molar-refractivity contribution in [3.8, 4) is 11.5 Å². The summed E-state index contributed by atoms with van der Waals surface area (Å²) in [6.07, 6.45) is 1.64. The standard InChI is InChI=1S/C15H16N2O2/c1-17(11-12-5-3-2-4-6-12)16-10-13-7-8-14(18)15(19)9-13/h2-10,18-19H,11H2,1H3. The zero-order valence-corrected chi connectivity index (χ0v) is 10.7. The Hall–Kier alpha value is -2.49. The summed E-state index contributed by atoms with van der Waals surface area (Å²) in [5, 5.41) is 24.7. The smallest absolute Gasteiger partial charge is 0.158 e. The first kappa shape index (κ1) is 13.0. The average molecular weight is 256 g/mol. The van der Waals surface area contributed by atoms with E-state index < -0.39 is 0 Å². The van der Waals surface area contributed by atoms with E-state index in [1.165, 1.54) is 17.7 Å². The van der Waals surface area contributed by atoms with Crippen molar-refractivity contribution < 1.29 is 10.2 Å². The van der Waals surface area contributed by atoms with Crippen molar-refractivity contribution in [3.63, 3.8) is 0 Å². The lowest BCUT2D eigenvalue weighted by Crippen LogP contribution is -2.10. The topological polar surface area (TPSA) is 56.1 Å². The lowest BCUT2D eigenvalue weighted by Gasteiger charge is -2.12. The summed E-state index contributed by atoms with van der Waals surface area (Å²) in [5.41, 5.74) is 1.91. The van der Waals surface area contributed by atoms with Crippen molar-refractivity contribution in [3.05, 3.63) is 59.7 Å². The molecule has 2 aromatic rings. The maximum absolute atomic E-state index is 9.38. The summed E-state index contributed by atoms with van der Waals surface area (Å²) in [4.78, 5) is 0. The normalized spacial score (nSPS) is 10.8. The molecule has 0 saturated carbocycles. The molecule has 0 atom stereocenters. The van der Waals surface area contributed by atoms with Crippen LogP contribution >= 0.6 is 0 Å². The van der Waals surface area contributed by atoms with Crippen LogP contribution in [0.4, 0.5) is 0 Å². The molecule has 0 bridgehead atoms. The molecule has 0 amide bonds. The lowest BCUT2D eigenvalue weighted by atomic mass is 10.2. The number of benzene rings is 2. The third-order valence-corrected chi connectivity index (χ3v) is 2.66. The molecule has 0 saturated heterocycles. The number of hydrogen-bond donors (Lipinski definition) is 2. The molecule has 0 aliphatic carbocycles. The summed E-state index contributed by atoms with van der Waals surface area (Å²) in [6.45, 7) is 0.710. The van der Waals surface area contributed by atoms with Gasteiger partial charge in [0.05, 0.1) is 12.8 Å². The van der Waals surface area contributed by atoms with Crippen molar-refractivity contribution in [1.82, 2.24) is 5.01 Å². The van der Waals surface area contributed by atoms with Crippen LogP contribution in [0.15, 0.2) is 53.6 Å². The highest BCUT2D eigenvalue weighted by molar-refractivity contribution is 5.80. The molecule has 0 unspecified atom stereocenters. The minimum absolute atomic E-state index is 0.130. The van der Waals surface area contributed by atoms with E-state index in [1.807, 2.05) is 37.4 Å². The van der Waals surface area contributed by atoms with E-state index in [0.717, 1.165) is 5.56 Å². The summed E-state index contributed by atoms with van der Waals surface area (Å²) in [7, 11) is 1.88. The molecule has 0 radical (unpaired) electrons. The van der Waals surface area contributed by atoms with Crippen LogP contribution in [-0.4, -0.2) is 28.5 Å². The maximum atomic E-state index is 9.38. The summed E-state index contributed by atoms with van der Waals surface area (Å²) < 4.78 is 0. The minimum atomic E-state index is -0.144. The van der Waals surface area contributed by atoms with Crippen LogP contribution in [0.1, 0.15) is 11.1 Å². The van der Waals surface area contributed by atoms with Crippen LogP contribution < -0.4 is 0 Å². The Morgan fingerprint density at radius 2 is 1.79 bits per heavy atom. The highest BCUT2D eigenvalue weighted by atomic mass is 16.3. The Morgan fingerprint density at radius 1 is 1.05 bits per heavy atom. The molecule has 0 spiro atoms. The molecule has 2 aromatic carbocycles. The number of phenolic OH excluding ortho intramolecular Hbond substituents is 2. The highest BCUT2D eigenvalue weighted by Gasteiger charge is 1.99. The van der Waals surface area contributed by atoms with Gasteiger partial charge < -0.3 is 10.2 Å². The van der Waals surface area contributed by atoms with Crippen molar-refractivity contribution in [2.45, 2.75) is 6.54 Å². The predicted molar refractivity (Wildman–Crippen MR) is 75.3 cm³/mol. The molecule has 2 rings (SSSR count). The summed E-state index contributed by atoms with van der Waals surface area (Å²) in [5.74, 6) is -0.274. The Morgan fingerprint density at radius 3 is 2.47 bits per heavy atom. The van der Waals surface area contributed by atoms with Gasteiger partial charge in [-0.15, -0.1) is 0 Å². The van der Waals surface area contributed by atoms with E-state index in [4.69, 9.17) is 0 Å². The first-order valence-electron chi connectivity index (χ1n) is 5.96. The van der Waals surface area contributed by atoms with E-state index in [2.05, 4.69) is 5.10 Å². The number of rotatable bonds is 4. The van der Waals surface area contributed by atoms with Gasteiger partial charge in [0.2, 0.25) is 0 Å². The molecule has 2 N–H and O–H groups in total. The van der Waals surface area contributed by atoms with Crippen LogP contribution in [0.2, 0.25) is 0 Å². The predicted octanol–water partition coefficient (Wildman–Crippen LogP) is 2.56. The molecule has 0 aliphatic rings. The first-order chi connectivity index (χ1) is 9.15. The zero-order valence-electron chi connectivity index (χ0n) is 10.7. The molecule has 98 valence electrons. The second kappa shape index (κ2) is 5.91. The SMILES string of the molecule is CN(Cc1ccccc1)N=Cc1ccc(O)c(O)c1.